The van der Waals surface area contributed by atoms with Gasteiger partial charge in [-0.2, -0.15) is 0 Å². The fourth-order valence-electron chi connectivity index (χ4n) is 2.21. The van der Waals surface area contributed by atoms with Crippen LogP contribution in [0.4, 0.5) is 8.78 Å². The summed E-state index contributed by atoms with van der Waals surface area (Å²) in [6.45, 7) is 2.42. The Morgan fingerprint density at radius 2 is 1.87 bits per heavy atom. The molecule has 0 aromatic heterocycles. The topological polar surface area (TPSA) is 72.2 Å². The lowest BCUT2D eigenvalue weighted by atomic mass is 10.1. The number of hydrogen-bond donors (Lipinski definition) is 2. The summed E-state index contributed by atoms with van der Waals surface area (Å²) in [6.07, 6.45) is 0.524. The standard InChI is InChI=1S/C16H18F2N2O2S/c1-11(13-3-2-4-14(10-13)23(19,21)22)20-8-7-12-5-6-15(17)16(18)9-12/h2-6,9-11,20H,7-8H2,1H3,(H2,19,21,22)/t11-/m1/s1. The highest BCUT2D eigenvalue weighted by atomic mass is 32.2. The van der Waals surface area contributed by atoms with Gasteiger partial charge in [-0.1, -0.05) is 18.2 Å². The first-order chi connectivity index (χ1) is 10.8. The number of rotatable bonds is 6. The van der Waals surface area contributed by atoms with Gasteiger partial charge in [0.1, 0.15) is 0 Å². The number of nitrogens with one attached hydrogen (secondary N) is 1. The molecule has 0 aliphatic heterocycles. The second kappa shape index (κ2) is 7.16. The first-order valence-corrected chi connectivity index (χ1v) is 8.62. The Labute approximate surface area is 134 Å². The summed E-state index contributed by atoms with van der Waals surface area (Å²) in [5, 5.41) is 8.32. The van der Waals surface area contributed by atoms with Crippen LogP contribution in [0.15, 0.2) is 47.4 Å². The lowest BCUT2D eigenvalue weighted by Crippen LogP contribution is -2.22. The van der Waals surface area contributed by atoms with Crippen molar-refractivity contribution < 1.29 is 17.2 Å². The van der Waals surface area contributed by atoms with E-state index in [0.717, 1.165) is 11.6 Å². The van der Waals surface area contributed by atoms with Crippen molar-refractivity contribution in [3.8, 4) is 0 Å². The van der Waals surface area contributed by atoms with E-state index in [9.17, 15) is 17.2 Å². The van der Waals surface area contributed by atoms with Crippen LogP contribution in [0.25, 0.3) is 0 Å². The Bertz CT molecular complexity index is 794. The van der Waals surface area contributed by atoms with Gasteiger partial charge in [-0.15, -0.1) is 0 Å². The summed E-state index contributed by atoms with van der Waals surface area (Å²) in [5.41, 5.74) is 1.46. The predicted molar refractivity (Wildman–Crippen MR) is 84.3 cm³/mol. The van der Waals surface area contributed by atoms with Gasteiger partial charge in [-0.25, -0.2) is 22.3 Å². The highest BCUT2D eigenvalue weighted by Gasteiger charge is 2.11. The summed E-state index contributed by atoms with van der Waals surface area (Å²) in [4.78, 5) is 0.0595. The van der Waals surface area contributed by atoms with Crippen molar-refractivity contribution in [1.29, 1.82) is 0 Å². The summed E-state index contributed by atoms with van der Waals surface area (Å²) in [6, 6.07) is 10.1. The molecule has 0 radical (unpaired) electrons. The molecule has 0 aliphatic rings. The third-order valence-corrected chi connectivity index (χ3v) is 4.45. The van der Waals surface area contributed by atoms with E-state index in [1.807, 2.05) is 6.92 Å². The van der Waals surface area contributed by atoms with Gasteiger partial charge in [0.2, 0.25) is 10.0 Å². The average Bonchev–Trinajstić information content (AvgIpc) is 2.50. The molecule has 2 rings (SSSR count). The van der Waals surface area contributed by atoms with E-state index in [2.05, 4.69) is 5.32 Å². The van der Waals surface area contributed by atoms with Crippen molar-refractivity contribution in [1.82, 2.24) is 5.32 Å². The highest BCUT2D eigenvalue weighted by Crippen LogP contribution is 2.17. The molecule has 124 valence electrons. The monoisotopic (exact) mass is 340 g/mol. The van der Waals surface area contributed by atoms with Crippen molar-refractivity contribution in [2.75, 3.05) is 6.54 Å². The van der Waals surface area contributed by atoms with Crippen molar-refractivity contribution in [3.63, 3.8) is 0 Å². The fraction of sp³-hybridized carbons (Fsp3) is 0.250. The summed E-state index contributed by atoms with van der Waals surface area (Å²) in [7, 11) is -3.74. The number of hydrogen-bond acceptors (Lipinski definition) is 3. The Balaban J connectivity index is 1.97. The molecular formula is C16H18F2N2O2S. The van der Waals surface area contributed by atoms with Crippen LogP contribution in [0.3, 0.4) is 0 Å². The minimum atomic E-state index is -3.74. The van der Waals surface area contributed by atoms with Gasteiger partial charge in [0.15, 0.2) is 11.6 Å². The summed E-state index contributed by atoms with van der Waals surface area (Å²) < 4.78 is 48.7. The molecule has 0 bridgehead atoms. The van der Waals surface area contributed by atoms with Gasteiger partial charge in [0.25, 0.3) is 0 Å². The van der Waals surface area contributed by atoms with Gasteiger partial charge in [0, 0.05) is 6.04 Å². The maximum Gasteiger partial charge on any atom is 0.238 e. The zero-order valence-electron chi connectivity index (χ0n) is 12.6. The molecule has 0 saturated heterocycles. The second-order valence-corrected chi connectivity index (χ2v) is 6.85. The first kappa shape index (κ1) is 17.5. The Morgan fingerprint density at radius 1 is 1.13 bits per heavy atom. The van der Waals surface area contributed by atoms with Crippen molar-refractivity contribution >= 4 is 10.0 Å². The molecule has 7 heteroatoms. The molecule has 0 saturated carbocycles. The molecule has 23 heavy (non-hydrogen) atoms. The third-order valence-electron chi connectivity index (χ3n) is 3.53. The SMILES string of the molecule is C[C@@H](NCCc1ccc(F)c(F)c1)c1cccc(S(N)(=O)=O)c1. The van der Waals surface area contributed by atoms with Crippen LogP contribution in [-0.2, 0) is 16.4 Å². The Morgan fingerprint density at radius 3 is 2.52 bits per heavy atom. The molecular weight excluding hydrogens is 322 g/mol. The van der Waals surface area contributed by atoms with Crippen molar-refractivity contribution in [2.24, 2.45) is 5.14 Å². The van der Waals surface area contributed by atoms with E-state index in [1.54, 1.807) is 12.1 Å². The molecule has 0 spiro atoms. The number of benzene rings is 2. The largest absolute Gasteiger partial charge is 0.310 e. The maximum absolute atomic E-state index is 13.1. The van der Waals surface area contributed by atoms with Gasteiger partial charge in [-0.05, 0) is 55.3 Å². The Hall–Kier alpha value is -1.83. The molecule has 0 unspecified atom stereocenters. The Kier molecular flexibility index (Phi) is 5.46. The van der Waals surface area contributed by atoms with E-state index in [1.165, 1.54) is 24.3 Å². The van der Waals surface area contributed by atoms with E-state index >= 15 is 0 Å². The third kappa shape index (κ3) is 4.82. The van der Waals surface area contributed by atoms with Gasteiger partial charge < -0.3 is 5.32 Å². The summed E-state index contributed by atoms with van der Waals surface area (Å²) >= 11 is 0. The van der Waals surface area contributed by atoms with E-state index in [0.29, 0.717) is 18.5 Å². The van der Waals surface area contributed by atoms with Crippen molar-refractivity contribution in [3.05, 3.63) is 65.2 Å². The molecule has 0 amide bonds. The van der Waals surface area contributed by atoms with Crippen LogP contribution in [0, 0.1) is 11.6 Å². The van der Waals surface area contributed by atoms with E-state index < -0.39 is 21.7 Å². The molecule has 0 aliphatic carbocycles. The normalized spacial score (nSPS) is 13.0. The van der Waals surface area contributed by atoms with Gasteiger partial charge in [0.05, 0.1) is 4.90 Å². The number of nitrogens with two attached hydrogens (primary N) is 1. The smallest absolute Gasteiger partial charge is 0.238 e. The molecule has 0 heterocycles. The van der Waals surface area contributed by atoms with Crippen molar-refractivity contribution in [2.45, 2.75) is 24.3 Å². The molecule has 1 atom stereocenters. The second-order valence-electron chi connectivity index (χ2n) is 5.29. The maximum atomic E-state index is 13.1. The van der Waals surface area contributed by atoms with Crippen LogP contribution in [0.1, 0.15) is 24.1 Å². The molecule has 4 nitrogen and oxygen atoms in total. The zero-order chi connectivity index (χ0) is 17.0. The first-order valence-electron chi connectivity index (χ1n) is 7.07. The highest BCUT2D eigenvalue weighted by molar-refractivity contribution is 7.89. The van der Waals surface area contributed by atoms with Gasteiger partial charge >= 0.3 is 0 Å². The minimum absolute atomic E-state index is 0.0595. The minimum Gasteiger partial charge on any atom is -0.310 e. The quantitative estimate of drug-likeness (QED) is 0.849. The van der Waals surface area contributed by atoms with Crippen LogP contribution in [0.2, 0.25) is 0 Å². The molecule has 0 fully saturated rings. The van der Waals surface area contributed by atoms with Gasteiger partial charge in [-0.3, -0.25) is 0 Å². The number of primary sulfonamides is 1. The van der Waals surface area contributed by atoms with Crippen LogP contribution in [-0.4, -0.2) is 15.0 Å². The summed E-state index contributed by atoms with van der Waals surface area (Å²) in [5.74, 6) is -1.73. The van der Waals surface area contributed by atoms with Crippen LogP contribution >= 0.6 is 0 Å². The molecule has 2 aromatic rings. The molecule has 3 N–H and O–H groups in total. The number of sulfonamides is 1. The molecule has 2 aromatic carbocycles. The lowest BCUT2D eigenvalue weighted by molar-refractivity contribution is 0.506. The lowest BCUT2D eigenvalue weighted by Gasteiger charge is -2.15. The zero-order valence-corrected chi connectivity index (χ0v) is 13.4. The average molecular weight is 340 g/mol. The van der Waals surface area contributed by atoms with E-state index in [4.69, 9.17) is 5.14 Å². The predicted octanol–water partition coefficient (Wildman–Crippen LogP) is 2.51. The fourth-order valence-corrected chi connectivity index (χ4v) is 2.78. The van der Waals surface area contributed by atoms with Crippen LogP contribution in [0.5, 0.6) is 0 Å². The number of halogens is 2. The van der Waals surface area contributed by atoms with Crippen LogP contribution < -0.4 is 10.5 Å². The van der Waals surface area contributed by atoms with E-state index in [-0.39, 0.29) is 10.9 Å².